The van der Waals surface area contributed by atoms with Crippen LogP contribution in [0.25, 0.3) is 0 Å². The van der Waals surface area contributed by atoms with Crippen molar-refractivity contribution < 1.29 is 29.5 Å². The molecular formula is C11H14N4O7. The van der Waals surface area contributed by atoms with E-state index in [4.69, 9.17) is 14.9 Å². The molecule has 11 heteroatoms. The molecule has 2 N–H and O–H groups in total. The van der Waals surface area contributed by atoms with Gasteiger partial charge in [-0.05, 0) is 0 Å². The summed E-state index contributed by atoms with van der Waals surface area (Å²) in [5, 5.41) is 32.6. The maximum Gasteiger partial charge on any atom is 0.363 e. The zero-order valence-corrected chi connectivity index (χ0v) is 11.5. The summed E-state index contributed by atoms with van der Waals surface area (Å²) in [5.74, 6) is -3.23. The van der Waals surface area contributed by atoms with E-state index in [0.29, 0.717) is 32.8 Å². The molecule has 0 saturated carbocycles. The molecule has 1 saturated heterocycles. The first-order valence-corrected chi connectivity index (χ1v) is 6.43. The molecule has 1 fully saturated rings. The van der Waals surface area contributed by atoms with Gasteiger partial charge in [-0.15, -0.1) is 0 Å². The second kappa shape index (κ2) is 6.49. The van der Waals surface area contributed by atoms with Crippen molar-refractivity contribution >= 4 is 17.6 Å². The third kappa shape index (κ3) is 3.20. The van der Waals surface area contributed by atoms with E-state index in [1.54, 1.807) is 0 Å². The van der Waals surface area contributed by atoms with Crippen molar-refractivity contribution in [2.75, 3.05) is 32.8 Å². The first-order chi connectivity index (χ1) is 10.4. The van der Waals surface area contributed by atoms with Gasteiger partial charge in [0.25, 0.3) is 0 Å². The quantitative estimate of drug-likeness (QED) is 0.524. The van der Waals surface area contributed by atoms with Crippen LogP contribution in [0.1, 0.15) is 21.0 Å². The van der Waals surface area contributed by atoms with Crippen LogP contribution in [0.2, 0.25) is 0 Å². The molecule has 0 unspecified atom stereocenters. The standard InChI is InChI=1S/C11H14N4O7/c16-10(17)7-8(15(20)21)9(11(18)19)14(12-7)2-1-13-3-5-22-6-4-13/h1-6H2,(H,16,17)(H,18,19). The second-order valence-electron chi connectivity index (χ2n) is 4.59. The largest absolute Gasteiger partial charge is 0.476 e. The lowest BCUT2D eigenvalue weighted by atomic mass is 10.3. The van der Waals surface area contributed by atoms with E-state index in [-0.39, 0.29) is 6.54 Å². The highest BCUT2D eigenvalue weighted by atomic mass is 16.6. The van der Waals surface area contributed by atoms with Crippen molar-refractivity contribution in [3.05, 3.63) is 21.5 Å². The molecule has 1 aromatic heterocycles. The van der Waals surface area contributed by atoms with Gasteiger partial charge in [-0.3, -0.25) is 15.0 Å². The van der Waals surface area contributed by atoms with Crippen molar-refractivity contribution in [2.24, 2.45) is 0 Å². The van der Waals surface area contributed by atoms with E-state index in [1.807, 2.05) is 4.90 Å². The molecule has 0 atom stereocenters. The highest BCUT2D eigenvalue weighted by Crippen LogP contribution is 2.24. The van der Waals surface area contributed by atoms with Crippen LogP contribution in [-0.4, -0.2) is 74.6 Å². The van der Waals surface area contributed by atoms with Gasteiger partial charge in [0.1, 0.15) is 0 Å². The number of hydrogen-bond donors (Lipinski definition) is 2. The summed E-state index contributed by atoms with van der Waals surface area (Å²) in [4.78, 5) is 34.2. The SMILES string of the molecule is O=C(O)c1nn(CCN2CCOCC2)c(C(=O)O)c1[N+](=O)[O-]. The average molecular weight is 314 g/mol. The van der Waals surface area contributed by atoms with E-state index in [2.05, 4.69) is 5.10 Å². The lowest BCUT2D eigenvalue weighted by Crippen LogP contribution is -2.38. The second-order valence-corrected chi connectivity index (χ2v) is 4.59. The van der Waals surface area contributed by atoms with Gasteiger partial charge in [0.15, 0.2) is 0 Å². The van der Waals surface area contributed by atoms with Crippen LogP contribution in [0.4, 0.5) is 5.69 Å². The van der Waals surface area contributed by atoms with E-state index >= 15 is 0 Å². The van der Waals surface area contributed by atoms with Crippen molar-refractivity contribution in [1.82, 2.24) is 14.7 Å². The minimum absolute atomic E-state index is 0.0375. The van der Waals surface area contributed by atoms with Crippen LogP contribution in [0, 0.1) is 10.1 Å². The minimum Gasteiger partial charge on any atom is -0.476 e. The van der Waals surface area contributed by atoms with Gasteiger partial charge < -0.3 is 14.9 Å². The Morgan fingerprint density at radius 2 is 1.86 bits per heavy atom. The fourth-order valence-electron chi connectivity index (χ4n) is 2.20. The molecule has 2 heterocycles. The van der Waals surface area contributed by atoms with Gasteiger partial charge in [-0.25, -0.2) is 14.3 Å². The number of carboxylic acids is 2. The molecule has 0 aliphatic carbocycles. The Bertz CT molecular complexity index is 606. The summed E-state index contributed by atoms with van der Waals surface area (Å²) >= 11 is 0. The van der Waals surface area contributed by atoms with Crippen molar-refractivity contribution in [1.29, 1.82) is 0 Å². The fraction of sp³-hybridized carbons (Fsp3) is 0.545. The monoisotopic (exact) mass is 314 g/mol. The zero-order chi connectivity index (χ0) is 16.3. The van der Waals surface area contributed by atoms with Crippen LogP contribution in [0.5, 0.6) is 0 Å². The molecule has 0 bridgehead atoms. The lowest BCUT2D eigenvalue weighted by Gasteiger charge is -2.26. The Morgan fingerprint density at radius 3 is 2.36 bits per heavy atom. The number of aromatic carboxylic acids is 2. The number of nitro groups is 1. The van der Waals surface area contributed by atoms with Gasteiger partial charge in [0, 0.05) is 19.6 Å². The Labute approximate surface area is 123 Å². The van der Waals surface area contributed by atoms with Gasteiger partial charge in [0.2, 0.25) is 11.4 Å². The van der Waals surface area contributed by atoms with Crippen LogP contribution in [0.15, 0.2) is 0 Å². The average Bonchev–Trinajstić information content (AvgIpc) is 2.86. The summed E-state index contributed by atoms with van der Waals surface area (Å²) < 4.78 is 6.04. The number of hydrogen-bond acceptors (Lipinski definition) is 7. The molecule has 0 aromatic carbocycles. The maximum absolute atomic E-state index is 11.2. The zero-order valence-electron chi connectivity index (χ0n) is 11.5. The summed E-state index contributed by atoms with van der Waals surface area (Å²) in [6.45, 7) is 2.82. The van der Waals surface area contributed by atoms with Gasteiger partial charge in [-0.2, -0.15) is 5.10 Å². The fourth-order valence-corrected chi connectivity index (χ4v) is 2.20. The lowest BCUT2D eigenvalue weighted by molar-refractivity contribution is -0.385. The molecule has 120 valence electrons. The molecule has 1 aliphatic heterocycles. The number of ether oxygens (including phenoxy) is 1. The number of carbonyl (C=O) groups is 2. The van der Waals surface area contributed by atoms with Crippen LogP contribution in [-0.2, 0) is 11.3 Å². The number of aromatic nitrogens is 2. The van der Waals surface area contributed by atoms with E-state index in [0.717, 1.165) is 4.68 Å². The Kier molecular flexibility index (Phi) is 4.68. The topological polar surface area (TPSA) is 148 Å². The molecule has 11 nitrogen and oxygen atoms in total. The van der Waals surface area contributed by atoms with Gasteiger partial charge in [0.05, 0.1) is 24.7 Å². The number of rotatable bonds is 6. The molecule has 0 amide bonds. The summed E-state index contributed by atoms with van der Waals surface area (Å²) in [5.41, 5.74) is -2.60. The number of nitrogens with zero attached hydrogens (tertiary/aromatic N) is 4. The molecule has 22 heavy (non-hydrogen) atoms. The highest BCUT2D eigenvalue weighted by molar-refractivity contribution is 5.98. The molecule has 0 spiro atoms. The Balaban J connectivity index is 2.29. The summed E-state index contributed by atoms with van der Waals surface area (Å²) in [7, 11) is 0. The predicted molar refractivity (Wildman–Crippen MR) is 70.1 cm³/mol. The molecule has 2 rings (SSSR count). The normalized spacial score (nSPS) is 15.6. The molecule has 1 aromatic rings. The van der Waals surface area contributed by atoms with E-state index < -0.39 is 33.9 Å². The molecule has 1 aliphatic rings. The number of carboxylic acid groups (broad SMARTS) is 2. The third-order valence-corrected chi connectivity index (χ3v) is 3.25. The number of morpholine rings is 1. The van der Waals surface area contributed by atoms with Crippen molar-refractivity contribution in [2.45, 2.75) is 6.54 Å². The Morgan fingerprint density at radius 1 is 1.23 bits per heavy atom. The van der Waals surface area contributed by atoms with E-state index in [9.17, 15) is 19.7 Å². The van der Waals surface area contributed by atoms with Crippen LogP contribution in [0.3, 0.4) is 0 Å². The van der Waals surface area contributed by atoms with Gasteiger partial charge in [-0.1, -0.05) is 0 Å². The van der Waals surface area contributed by atoms with Crippen LogP contribution >= 0.6 is 0 Å². The highest BCUT2D eigenvalue weighted by Gasteiger charge is 2.35. The summed E-state index contributed by atoms with van der Waals surface area (Å²) in [6.07, 6.45) is 0. The smallest absolute Gasteiger partial charge is 0.363 e. The molecular weight excluding hydrogens is 300 g/mol. The first-order valence-electron chi connectivity index (χ1n) is 6.43. The first kappa shape index (κ1) is 15.9. The minimum atomic E-state index is -1.64. The van der Waals surface area contributed by atoms with E-state index in [1.165, 1.54) is 0 Å². The molecule has 0 radical (unpaired) electrons. The third-order valence-electron chi connectivity index (χ3n) is 3.25. The van der Waals surface area contributed by atoms with Crippen LogP contribution < -0.4 is 0 Å². The van der Waals surface area contributed by atoms with Gasteiger partial charge >= 0.3 is 17.6 Å². The Hall–Kier alpha value is -2.53. The maximum atomic E-state index is 11.2. The van der Waals surface area contributed by atoms with Crippen molar-refractivity contribution in [3.8, 4) is 0 Å². The summed E-state index contributed by atoms with van der Waals surface area (Å²) in [6, 6.07) is 0. The predicted octanol–water partition coefficient (Wildman–Crippen LogP) is -0.480. The van der Waals surface area contributed by atoms with Crippen molar-refractivity contribution in [3.63, 3.8) is 0 Å².